The Labute approximate surface area is 118 Å². The average Bonchev–Trinajstić information content (AvgIpc) is 2.41. The molecule has 1 rings (SSSR count). The van der Waals surface area contributed by atoms with Gasteiger partial charge in [-0.15, -0.1) is 0 Å². The first-order chi connectivity index (χ1) is 9.54. The molecule has 20 heavy (non-hydrogen) atoms. The predicted octanol–water partition coefficient (Wildman–Crippen LogP) is 1.29. The van der Waals surface area contributed by atoms with Gasteiger partial charge in [-0.05, 0) is 32.0 Å². The van der Waals surface area contributed by atoms with E-state index in [2.05, 4.69) is 17.2 Å². The number of rotatable bonds is 5. The Morgan fingerprint density at radius 3 is 2.85 bits per heavy atom. The van der Waals surface area contributed by atoms with E-state index in [-0.39, 0.29) is 29.7 Å². The van der Waals surface area contributed by atoms with Crippen molar-refractivity contribution >= 4 is 5.91 Å². The highest BCUT2D eigenvalue weighted by Crippen LogP contribution is 2.09. The van der Waals surface area contributed by atoms with Gasteiger partial charge in [-0.25, -0.2) is 4.39 Å². The Hall–Kier alpha value is -1.90. The highest BCUT2D eigenvalue weighted by atomic mass is 19.1. The fourth-order valence-electron chi connectivity index (χ4n) is 1.47. The monoisotopic (exact) mass is 278 g/mol. The molecule has 0 heterocycles. The minimum Gasteiger partial charge on any atom is -0.377 e. The molecule has 108 valence electrons. The molecule has 0 aromatic heterocycles. The van der Waals surface area contributed by atoms with E-state index >= 15 is 0 Å². The van der Waals surface area contributed by atoms with E-state index in [0.717, 1.165) is 0 Å². The summed E-state index contributed by atoms with van der Waals surface area (Å²) in [7, 11) is 0. The van der Waals surface area contributed by atoms with Crippen LogP contribution in [0.5, 0.6) is 0 Å². The number of benzene rings is 1. The Bertz CT molecular complexity index is 518. The lowest BCUT2D eigenvalue weighted by Gasteiger charge is -2.09. The third-order valence-corrected chi connectivity index (χ3v) is 2.40. The summed E-state index contributed by atoms with van der Waals surface area (Å²) < 4.78 is 19.0. The molecule has 1 amide bonds. The predicted molar refractivity (Wildman–Crippen MR) is 75.8 cm³/mol. The molecule has 3 N–H and O–H groups in total. The zero-order valence-electron chi connectivity index (χ0n) is 11.7. The number of halogens is 1. The quantitative estimate of drug-likeness (QED) is 0.630. The van der Waals surface area contributed by atoms with E-state index in [1.165, 1.54) is 18.2 Å². The highest BCUT2D eigenvalue weighted by Gasteiger charge is 2.08. The van der Waals surface area contributed by atoms with Gasteiger partial charge in [-0.3, -0.25) is 4.79 Å². The third kappa shape index (κ3) is 5.39. The second-order valence-corrected chi connectivity index (χ2v) is 4.38. The van der Waals surface area contributed by atoms with Crippen molar-refractivity contribution in [1.29, 1.82) is 0 Å². The maximum atomic E-state index is 13.7. The molecule has 0 radical (unpaired) electrons. The Kier molecular flexibility index (Phi) is 6.71. The minimum atomic E-state index is -0.531. The molecule has 0 fully saturated rings. The van der Waals surface area contributed by atoms with Crippen molar-refractivity contribution in [1.82, 2.24) is 5.32 Å². The van der Waals surface area contributed by atoms with Crippen LogP contribution in [-0.4, -0.2) is 31.7 Å². The molecule has 0 saturated heterocycles. The molecule has 0 aliphatic carbocycles. The van der Waals surface area contributed by atoms with Gasteiger partial charge in [0.05, 0.1) is 24.8 Å². The van der Waals surface area contributed by atoms with Crippen molar-refractivity contribution in [3.8, 4) is 11.8 Å². The van der Waals surface area contributed by atoms with Gasteiger partial charge in [0.25, 0.3) is 5.91 Å². The minimum absolute atomic E-state index is 0.116. The normalized spacial score (nSPS) is 10.1. The summed E-state index contributed by atoms with van der Waals surface area (Å²) in [6.45, 7) is 4.80. The third-order valence-electron chi connectivity index (χ3n) is 2.40. The lowest BCUT2D eigenvalue weighted by atomic mass is 10.1. The maximum absolute atomic E-state index is 13.7. The Morgan fingerprint density at radius 2 is 2.25 bits per heavy atom. The van der Waals surface area contributed by atoms with Crippen LogP contribution in [0.15, 0.2) is 18.2 Å². The highest BCUT2D eigenvalue weighted by molar-refractivity contribution is 5.94. The second kappa shape index (κ2) is 8.31. The van der Waals surface area contributed by atoms with Crippen LogP contribution in [0.4, 0.5) is 4.39 Å². The number of ether oxygens (including phenoxy) is 1. The van der Waals surface area contributed by atoms with Crippen LogP contribution in [0.3, 0.4) is 0 Å². The molecule has 1 aromatic rings. The number of hydrogen-bond donors (Lipinski definition) is 2. The molecule has 0 aliphatic rings. The van der Waals surface area contributed by atoms with Crippen LogP contribution in [0.2, 0.25) is 0 Å². The van der Waals surface area contributed by atoms with Crippen molar-refractivity contribution in [3.05, 3.63) is 35.1 Å². The lowest BCUT2D eigenvalue weighted by Crippen LogP contribution is -2.28. The topological polar surface area (TPSA) is 64.3 Å². The Balaban J connectivity index is 2.59. The molecule has 0 atom stereocenters. The SMILES string of the molecule is CC(C)OCCNC(=O)c1ccc(C#CCN)c(F)c1. The number of carbonyl (C=O) groups is 1. The number of nitrogens with one attached hydrogen (secondary N) is 1. The summed E-state index contributed by atoms with van der Waals surface area (Å²) in [6.07, 6.45) is 0.116. The van der Waals surface area contributed by atoms with Gasteiger partial charge in [-0.2, -0.15) is 0 Å². The average molecular weight is 278 g/mol. The molecule has 0 aliphatic heterocycles. The first-order valence-electron chi connectivity index (χ1n) is 6.43. The first kappa shape index (κ1) is 16.2. The summed E-state index contributed by atoms with van der Waals surface area (Å²) in [5.41, 5.74) is 5.71. The Morgan fingerprint density at radius 1 is 1.50 bits per heavy atom. The van der Waals surface area contributed by atoms with Crippen molar-refractivity contribution in [2.75, 3.05) is 19.7 Å². The molecule has 0 unspecified atom stereocenters. The molecule has 0 bridgehead atoms. The van der Waals surface area contributed by atoms with E-state index in [1.807, 2.05) is 13.8 Å². The number of nitrogens with two attached hydrogens (primary N) is 1. The van der Waals surface area contributed by atoms with Crippen LogP contribution < -0.4 is 11.1 Å². The lowest BCUT2D eigenvalue weighted by molar-refractivity contribution is 0.0746. The zero-order valence-corrected chi connectivity index (χ0v) is 11.7. The second-order valence-electron chi connectivity index (χ2n) is 4.38. The van der Waals surface area contributed by atoms with Crippen molar-refractivity contribution in [2.24, 2.45) is 5.73 Å². The summed E-state index contributed by atoms with van der Waals surface area (Å²) in [5, 5.41) is 2.66. The van der Waals surface area contributed by atoms with E-state index in [0.29, 0.717) is 13.2 Å². The van der Waals surface area contributed by atoms with Crippen LogP contribution in [0, 0.1) is 17.7 Å². The van der Waals surface area contributed by atoms with E-state index in [9.17, 15) is 9.18 Å². The summed E-state index contributed by atoms with van der Waals surface area (Å²) >= 11 is 0. The molecule has 5 heteroatoms. The van der Waals surface area contributed by atoms with E-state index in [4.69, 9.17) is 10.5 Å². The van der Waals surface area contributed by atoms with Gasteiger partial charge in [0, 0.05) is 12.1 Å². The summed E-state index contributed by atoms with van der Waals surface area (Å²) in [4.78, 5) is 11.8. The summed E-state index contributed by atoms with van der Waals surface area (Å²) in [5.74, 6) is 4.30. The molecule has 0 spiro atoms. The fraction of sp³-hybridized carbons (Fsp3) is 0.400. The fourth-order valence-corrected chi connectivity index (χ4v) is 1.47. The van der Waals surface area contributed by atoms with Crippen LogP contribution in [0.25, 0.3) is 0 Å². The standard InChI is InChI=1S/C15H19FN2O2/c1-11(2)20-9-8-18-15(19)13-6-5-12(4-3-7-17)14(16)10-13/h5-6,10-11H,7-9,17H2,1-2H3,(H,18,19). The van der Waals surface area contributed by atoms with Gasteiger partial charge < -0.3 is 15.8 Å². The van der Waals surface area contributed by atoms with Gasteiger partial charge in [0.1, 0.15) is 5.82 Å². The van der Waals surface area contributed by atoms with Gasteiger partial charge in [0.15, 0.2) is 0 Å². The maximum Gasteiger partial charge on any atom is 0.251 e. The molecule has 0 saturated carbocycles. The van der Waals surface area contributed by atoms with E-state index in [1.54, 1.807) is 0 Å². The molecular weight excluding hydrogens is 259 g/mol. The number of hydrogen-bond acceptors (Lipinski definition) is 3. The molecular formula is C15H19FN2O2. The summed E-state index contributed by atoms with van der Waals surface area (Å²) in [6, 6.07) is 4.17. The van der Waals surface area contributed by atoms with Gasteiger partial charge >= 0.3 is 0 Å². The molecule has 4 nitrogen and oxygen atoms in total. The first-order valence-corrected chi connectivity index (χ1v) is 6.43. The molecule has 1 aromatic carbocycles. The van der Waals surface area contributed by atoms with Crippen molar-refractivity contribution in [2.45, 2.75) is 20.0 Å². The largest absolute Gasteiger partial charge is 0.377 e. The van der Waals surface area contributed by atoms with Gasteiger partial charge in [0.2, 0.25) is 0 Å². The zero-order chi connectivity index (χ0) is 15.0. The van der Waals surface area contributed by atoms with E-state index < -0.39 is 5.82 Å². The van der Waals surface area contributed by atoms with Crippen LogP contribution in [0.1, 0.15) is 29.8 Å². The van der Waals surface area contributed by atoms with Crippen LogP contribution >= 0.6 is 0 Å². The van der Waals surface area contributed by atoms with Crippen molar-refractivity contribution in [3.63, 3.8) is 0 Å². The van der Waals surface area contributed by atoms with Crippen LogP contribution in [-0.2, 0) is 4.74 Å². The van der Waals surface area contributed by atoms with Gasteiger partial charge in [-0.1, -0.05) is 11.8 Å². The number of carbonyl (C=O) groups excluding carboxylic acids is 1. The van der Waals surface area contributed by atoms with Crippen molar-refractivity contribution < 1.29 is 13.9 Å². The smallest absolute Gasteiger partial charge is 0.251 e. The number of amides is 1.